The molecule has 1 aliphatic heterocycles. The summed E-state index contributed by atoms with van der Waals surface area (Å²) >= 11 is 1.29. The summed E-state index contributed by atoms with van der Waals surface area (Å²) in [6.07, 6.45) is 1.86. The van der Waals surface area contributed by atoms with Crippen LogP contribution in [0.1, 0.15) is 42.4 Å². The lowest BCUT2D eigenvalue weighted by atomic mass is 9.96. The summed E-state index contributed by atoms with van der Waals surface area (Å²) in [5.74, 6) is -0.771. The van der Waals surface area contributed by atoms with E-state index in [-0.39, 0.29) is 18.0 Å². The summed E-state index contributed by atoms with van der Waals surface area (Å²) < 4.78 is 22.9. The van der Waals surface area contributed by atoms with Gasteiger partial charge in [-0.3, -0.25) is 9.36 Å². The highest BCUT2D eigenvalue weighted by atomic mass is 32.1. The molecule has 1 aliphatic rings. The molecule has 2 aromatic heterocycles. The van der Waals surface area contributed by atoms with Crippen LogP contribution in [0.3, 0.4) is 0 Å². The largest absolute Gasteiger partial charge is 0.463 e. The van der Waals surface area contributed by atoms with Crippen molar-refractivity contribution in [3.63, 3.8) is 0 Å². The fourth-order valence-electron chi connectivity index (χ4n) is 4.80. The van der Waals surface area contributed by atoms with Crippen molar-refractivity contribution < 1.29 is 13.9 Å². The quantitative estimate of drug-likeness (QED) is 0.372. The Morgan fingerprint density at radius 2 is 1.81 bits per heavy atom. The molecule has 37 heavy (non-hydrogen) atoms. The lowest BCUT2D eigenvalue weighted by molar-refractivity contribution is -0.139. The average Bonchev–Trinajstić information content (AvgIpc) is 3.33. The molecular weight excluding hydrogens is 489 g/mol. The highest BCUT2D eigenvalue weighted by Crippen LogP contribution is 2.30. The fourth-order valence-corrected chi connectivity index (χ4v) is 5.84. The standard InChI is InChI=1S/C29H26FN3O3S/c1-5-36-28(35)25-18(3)31-29-33(26(25)20-9-7-6-8-10-20)27(34)24(37-29)16-21-15-17(2)32(19(21)4)23-13-11-22(30)12-14-23/h6-16,26H,5H2,1-4H3/b24-16+/t26-/m0/s1. The zero-order valence-electron chi connectivity index (χ0n) is 21.0. The molecule has 5 rings (SSSR count). The molecule has 0 radical (unpaired) electrons. The van der Waals surface area contributed by atoms with E-state index in [0.29, 0.717) is 20.6 Å². The number of halogens is 1. The smallest absolute Gasteiger partial charge is 0.338 e. The number of nitrogens with zero attached hydrogens (tertiary/aromatic N) is 3. The van der Waals surface area contributed by atoms with Gasteiger partial charge >= 0.3 is 5.97 Å². The van der Waals surface area contributed by atoms with Crippen LogP contribution in [0.5, 0.6) is 0 Å². The fraction of sp³-hybridized carbons (Fsp3) is 0.207. The molecule has 1 atom stereocenters. The Balaban J connectivity index is 1.68. The topological polar surface area (TPSA) is 65.6 Å². The molecule has 0 spiro atoms. The molecular formula is C29H26FN3O3S. The van der Waals surface area contributed by atoms with Gasteiger partial charge in [-0.15, -0.1) is 0 Å². The Kier molecular flexibility index (Phi) is 6.52. The maximum absolute atomic E-state index is 13.8. The number of rotatable bonds is 5. The molecule has 0 amide bonds. The summed E-state index contributed by atoms with van der Waals surface area (Å²) in [4.78, 5) is 31.9. The summed E-state index contributed by atoms with van der Waals surface area (Å²) in [7, 11) is 0. The van der Waals surface area contributed by atoms with Crippen molar-refractivity contribution in [3.05, 3.63) is 120 Å². The second kappa shape index (κ2) is 9.78. The van der Waals surface area contributed by atoms with Gasteiger partial charge in [0, 0.05) is 17.1 Å². The molecule has 0 saturated heterocycles. The van der Waals surface area contributed by atoms with Crippen LogP contribution in [-0.4, -0.2) is 21.7 Å². The number of thiazole rings is 1. The van der Waals surface area contributed by atoms with E-state index in [1.807, 2.05) is 60.9 Å². The first-order valence-corrected chi connectivity index (χ1v) is 12.8. The van der Waals surface area contributed by atoms with Gasteiger partial charge in [-0.1, -0.05) is 41.7 Å². The third-order valence-electron chi connectivity index (χ3n) is 6.47. The molecule has 6 nitrogen and oxygen atoms in total. The van der Waals surface area contributed by atoms with E-state index in [2.05, 4.69) is 4.99 Å². The maximum Gasteiger partial charge on any atom is 0.338 e. The third-order valence-corrected chi connectivity index (χ3v) is 7.46. The number of hydrogen-bond donors (Lipinski definition) is 0. The zero-order valence-corrected chi connectivity index (χ0v) is 21.8. The molecule has 188 valence electrons. The van der Waals surface area contributed by atoms with Crippen LogP contribution < -0.4 is 14.9 Å². The van der Waals surface area contributed by atoms with Crippen molar-refractivity contribution in [2.75, 3.05) is 6.61 Å². The lowest BCUT2D eigenvalue weighted by Gasteiger charge is -2.24. The van der Waals surface area contributed by atoms with Crippen LogP contribution in [0, 0.1) is 19.7 Å². The summed E-state index contributed by atoms with van der Waals surface area (Å²) in [5, 5.41) is 0. The SMILES string of the molecule is CCOC(=O)C1=C(C)N=c2s/c(=C/c3cc(C)n(-c4ccc(F)cc4)c3C)c(=O)n2[C@H]1c1ccccc1. The number of esters is 1. The van der Waals surface area contributed by atoms with Gasteiger partial charge in [0.15, 0.2) is 4.80 Å². The number of fused-ring (bicyclic) bond motifs is 1. The van der Waals surface area contributed by atoms with E-state index in [1.54, 1.807) is 30.5 Å². The van der Waals surface area contributed by atoms with Gasteiger partial charge in [0.2, 0.25) is 0 Å². The van der Waals surface area contributed by atoms with Gasteiger partial charge in [0.05, 0.1) is 28.5 Å². The molecule has 0 bridgehead atoms. The van der Waals surface area contributed by atoms with E-state index < -0.39 is 12.0 Å². The molecule has 2 aromatic carbocycles. The minimum Gasteiger partial charge on any atom is -0.463 e. The van der Waals surface area contributed by atoms with Gasteiger partial charge in [0.25, 0.3) is 5.56 Å². The Labute approximate surface area is 217 Å². The van der Waals surface area contributed by atoms with Gasteiger partial charge in [-0.25, -0.2) is 14.2 Å². The molecule has 0 unspecified atom stereocenters. The zero-order chi connectivity index (χ0) is 26.3. The van der Waals surface area contributed by atoms with Crippen molar-refractivity contribution in [3.8, 4) is 5.69 Å². The Hall–Kier alpha value is -4.04. The second-order valence-electron chi connectivity index (χ2n) is 8.85. The van der Waals surface area contributed by atoms with Crippen molar-refractivity contribution in [2.45, 2.75) is 33.7 Å². The summed E-state index contributed by atoms with van der Waals surface area (Å²) in [5.41, 5.74) is 5.10. The molecule has 0 saturated carbocycles. The predicted molar refractivity (Wildman–Crippen MR) is 142 cm³/mol. The lowest BCUT2D eigenvalue weighted by Crippen LogP contribution is -2.39. The average molecular weight is 516 g/mol. The van der Waals surface area contributed by atoms with Crippen molar-refractivity contribution in [2.24, 2.45) is 4.99 Å². The molecule has 0 fully saturated rings. The van der Waals surface area contributed by atoms with Crippen LogP contribution in [0.15, 0.2) is 81.7 Å². The second-order valence-corrected chi connectivity index (χ2v) is 9.86. The molecule has 8 heteroatoms. The van der Waals surface area contributed by atoms with E-state index >= 15 is 0 Å². The van der Waals surface area contributed by atoms with Crippen molar-refractivity contribution in [1.29, 1.82) is 0 Å². The van der Waals surface area contributed by atoms with E-state index in [0.717, 1.165) is 28.2 Å². The Morgan fingerprint density at radius 3 is 2.49 bits per heavy atom. The summed E-state index contributed by atoms with van der Waals surface area (Å²) in [6, 6.07) is 17.1. The van der Waals surface area contributed by atoms with Crippen LogP contribution in [-0.2, 0) is 9.53 Å². The van der Waals surface area contributed by atoms with Crippen molar-refractivity contribution >= 4 is 23.4 Å². The van der Waals surface area contributed by atoms with Gasteiger partial charge in [0.1, 0.15) is 5.82 Å². The number of carbonyl (C=O) groups is 1. The molecule has 0 aliphatic carbocycles. The van der Waals surface area contributed by atoms with Gasteiger partial charge in [-0.2, -0.15) is 0 Å². The number of ether oxygens (including phenoxy) is 1. The highest BCUT2D eigenvalue weighted by molar-refractivity contribution is 7.07. The van der Waals surface area contributed by atoms with Gasteiger partial charge in [-0.05, 0) is 75.2 Å². The highest BCUT2D eigenvalue weighted by Gasteiger charge is 2.33. The first-order valence-electron chi connectivity index (χ1n) is 12.0. The number of allylic oxidation sites excluding steroid dienone is 1. The van der Waals surface area contributed by atoms with Crippen LogP contribution in [0.4, 0.5) is 4.39 Å². The van der Waals surface area contributed by atoms with Crippen LogP contribution in [0.25, 0.3) is 11.8 Å². The van der Waals surface area contributed by atoms with E-state index in [4.69, 9.17) is 4.74 Å². The summed E-state index contributed by atoms with van der Waals surface area (Å²) in [6.45, 7) is 7.69. The minimum absolute atomic E-state index is 0.224. The van der Waals surface area contributed by atoms with Crippen molar-refractivity contribution in [1.82, 2.24) is 9.13 Å². The first kappa shape index (κ1) is 24.6. The number of aryl methyl sites for hydroxylation is 1. The Morgan fingerprint density at radius 1 is 1.11 bits per heavy atom. The predicted octanol–water partition coefficient (Wildman–Crippen LogP) is 4.34. The van der Waals surface area contributed by atoms with Crippen LogP contribution in [0.2, 0.25) is 0 Å². The number of hydrogen-bond acceptors (Lipinski definition) is 5. The first-order chi connectivity index (χ1) is 17.8. The third kappa shape index (κ3) is 4.38. The molecule has 4 aromatic rings. The number of benzene rings is 2. The normalized spacial score (nSPS) is 15.5. The minimum atomic E-state index is -0.634. The number of carbonyl (C=O) groups excluding carboxylic acids is 1. The van der Waals surface area contributed by atoms with Crippen LogP contribution >= 0.6 is 11.3 Å². The van der Waals surface area contributed by atoms with Gasteiger partial charge < -0.3 is 9.30 Å². The van der Waals surface area contributed by atoms with E-state index in [9.17, 15) is 14.0 Å². The number of aromatic nitrogens is 2. The van der Waals surface area contributed by atoms with E-state index in [1.165, 1.54) is 23.5 Å². The maximum atomic E-state index is 13.8. The molecule has 0 N–H and O–H groups in total. The molecule has 3 heterocycles. The monoisotopic (exact) mass is 515 g/mol. The Bertz CT molecular complexity index is 1710.